The van der Waals surface area contributed by atoms with Crippen LogP contribution in [0.3, 0.4) is 0 Å². The normalized spacial score (nSPS) is 16.8. The summed E-state index contributed by atoms with van der Waals surface area (Å²) in [6.07, 6.45) is 2.48. The summed E-state index contributed by atoms with van der Waals surface area (Å²) in [6.45, 7) is 7.57. The Bertz CT molecular complexity index is 575. The Morgan fingerprint density at radius 2 is 1.80 bits per heavy atom. The van der Waals surface area contributed by atoms with Gasteiger partial charge in [-0.05, 0) is 48.9 Å². The number of hydrogen-bond donors (Lipinski definition) is 2. The highest BCUT2D eigenvalue weighted by Gasteiger charge is 2.22. The smallest absolute Gasteiger partial charge is 0.253 e. The van der Waals surface area contributed by atoms with Crippen LogP contribution in [-0.4, -0.2) is 41.0 Å². The fourth-order valence-electron chi connectivity index (χ4n) is 3.25. The molecule has 5 nitrogen and oxygen atoms in total. The number of benzene rings is 1. The van der Waals surface area contributed by atoms with Crippen LogP contribution in [0.1, 0.15) is 56.8 Å². The lowest BCUT2D eigenvalue weighted by Crippen LogP contribution is -2.40. The minimum Gasteiger partial charge on any atom is -0.393 e. The fourth-order valence-corrected chi connectivity index (χ4v) is 3.25. The SMILES string of the molecule is CCC(CC(=O)Nc1ccc(C(=O)N2CCC(O)CC2)cc1)C(C)C. The summed E-state index contributed by atoms with van der Waals surface area (Å²) in [6, 6.07) is 7.06. The average Bonchev–Trinajstić information content (AvgIpc) is 2.60. The van der Waals surface area contributed by atoms with Gasteiger partial charge >= 0.3 is 0 Å². The second kappa shape index (κ2) is 8.99. The van der Waals surface area contributed by atoms with Crippen LogP contribution in [0.15, 0.2) is 24.3 Å². The van der Waals surface area contributed by atoms with Crippen molar-refractivity contribution in [3.8, 4) is 0 Å². The Morgan fingerprint density at radius 3 is 2.32 bits per heavy atom. The molecular weight excluding hydrogens is 316 g/mol. The van der Waals surface area contributed by atoms with Crippen molar-refractivity contribution in [3.63, 3.8) is 0 Å². The molecule has 0 radical (unpaired) electrons. The van der Waals surface area contributed by atoms with Crippen molar-refractivity contribution >= 4 is 17.5 Å². The lowest BCUT2D eigenvalue weighted by Gasteiger charge is -2.29. The summed E-state index contributed by atoms with van der Waals surface area (Å²) in [5.74, 6) is 0.870. The molecule has 25 heavy (non-hydrogen) atoms. The van der Waals surface area contributed by atoms with Gasteiger partial charge in [-0.15, -0.1) is 0 Å². The summed E-state index contributed by atoms with van der Waals surface area (Å²) >= 11 is 0. The van der Waals surface area contributed by atoms with Crippen LogP contribution < -0.4 is 5.32 Å². The number of rotatable bonds is 6. The lowest BCUT2D eigenvalue weighted by molar-refractivity contribution is -0.117. The van der Waals surface area contributed by atoms with E-state index in [4.69, 9.17) is 0 Å². The van der Waals surface area contributed by atoms with Gasteiger partial charge in [-0.1, -0.05) is 27.2 Å². The van der Waals surface area contributed by atoms with E-state index in [1.807, 2.05) is 0 Å². The van der Waals surface area contributed by atoms with E-state index in [2.05, 4.69) is 26.1 Å². The molecule has 0 aliphatic carbocycles. The Balaban J connectivity index is 1.91. The molecule has 0 aromatic heterocycles. The first kappa shape index (κ1) is 19.4. The van der Waals surface area contributed by atoms with Crippen LogP contribution in [0.5, 0.6) is 0 Å². The second-order valence-electron chi connectivity index (χ2n) is 7.27. The number of nitrogens with zero attached hydrogens (tertiary/aromatic N) is 1. The molecule has 1 aromatic rings. The molecule has 0 spiro atoms. The number of likely N-dealkylation sites (tertiary alicyclic amines) is 1. The summed E-state index contributed by atoms with van der Waals surface area (Å²) in [5.41, 5.74) is 1.33. The molecule has 2 rings (SSSR count). The third-order valence-corrected chi connectivity index (χ3v) is 5.08. The minimum atomic E-state index is -0.292. The molecule has 5 heteroatoms. The van der Waals surface area contributed by atoms with Crippen molar-refractivity contribution in [2.24, 2.45) is 11.8 Å². The topological polar surface area (TPSA) is 69.6 Å². The maximum absolute atomic E-state index is 12.5. The molecular formula is C20H30N2O3. The predicted octanol–water partition coefficient (Wildman–Crippen LogP) is 3.29. The lowest BCUT2D eigenvalue weighted by atomic mass is 9.90. The molecule has 0 saturated carbocycles. The third-order valence-electron chi connectivity index (χ3n) is 5.08. The minimum absolute atomic E-state index is 0.0179. The van der Waals surface area contributed by atoms with Crippen molar-refractivity contribution in [2.45, 2.75) is 52.6 Å². The van der Waals surface area contributed by atoms with E-state index in [0.717, 1.165) is 6.42 Å². The van der Waals surface area contributed by atoms with Gasteiger partial charge in [0.25, 0.3) is 5.91 Å². The van der Waals surface area contributed by atoms with Gasteiger partial charge in [0, 0.05) is 30.8 Å². The van der Waals surface area contributed by atoms with Crippen molar-refractivity contribution in [2.75, 3.05) is 18.4 Å². The first-order valence-electron chi connectivity index (χ1n) is 9.28. The van der Waals surface area contributed by atoms with Gasteiger partial charge in [0.15, 0.2) is 0 Å². The van der Waals surface area contributed by atoms with Crippen molar-refractivity contribution < 1.29 is 14.7 Å². The van der Waals surface area contributed by atoms with Crippen molar-refractivity contribution in [3.05, 3.63) is 29.8 Å². The van der Waals surface area contributed by atoms with Gasteiger partial charge in [-0.25, -0.2) is 0 Å². The average molecular weight is 346 g/mol. The number of carbonyl (C=O) groups is 2. The molecule has 1 fully saturated rings. The molecule has 1 aromatic carbocycles. The molecule has 0 bridgehead atoms. The molecule has 1 unspecified atom stereocenters. The van der Waals surface area contributed by atoms with Gasteiger partial charge in [-0.3, -0.25) is 9.59 Å². The zero-order chi connectivity index (χ0) is 18.4. The van der Waals surface area contributed by atoms with Gasteiger partial charge in [0.1, 0.15) is 0 Å². The van der Waals surface area contributed by atoms with E-state index in [1.165, 1.54) is 0 Å². The number of nitrogens with one attached hydrogen (secondary N) is 1. The van der Waals surface area contributed by atoms with Crippen molar-refractivity contribution in [1.82, 2.24) is 4.90 Å². The summed E-state index contributed by atoms with van der Waals surface area (Å²) in [4.78, 5) is 26.4. The van der Waals surface area contributed by atoms with E-state index < -0.39 is 0 Å². The highest BCUT2D eigenvalue weighted by atomic mass is 16.3. The van der Waals surface area contributed by atoms with Crippen LogP contribution >= 0.6 is 0 Å². The zero-order valence-electron chi connectivity index (χ0n) is 15.5. The Kier molecular flexibility index (Phi) is 7.00. The van der Waals surface area contributed by atoms with Crippen LogP contribution in [0.4, 0.5) is 5.69 Å². The highest BCUT2D eigenvalue weighted by Crippen LogP contribution is 2.20. The number of hydrogen-bond acceptors (Lipinski definition) is 3. The zero-order valence-corrected chi connectivity index (χ0v) is 15.5. The number of carbonyl (C=O) groups excluding carboxylic acids is 2. The number of amides is 2. The monoisotopic (exact) mass is 346 g/mol. The third kappa shape index (κ3) is 5.56. The molecule has 1 aliphatic heterocycles. The molecule has 1 aliphatic rings. The van der Waals surface area contributed by atoms with Crippen LogP contribution in [-0.2, 0) is 4.79 Å². The molecule has 2 amide bonds. The molecule has 1 atom stereocenters. The molecule has 2 N–H and O–H groups in total. The van der Waals surface area contributed by atoms with E-state index in [-0.39, 0.29) is 17.9 Å². The Labute approximate surface area is 150 Å². The van der Waals surface area contributed by atoms with Crippen LogP contribution in [0, 0.1) is 11.8 Å². The number of aliphatic hydroxyl groups is 1. The van der Waals surface area contributed by atoms with Gasteiger partial charge < -0.3 is 15.3 Å². The van der Waals surface area contributed by atoms with Crippen molar-refractivity contribution in [1.29, 1.82) is 0 Å². The number of piperidine rings is 1. The van der Waals surface area contributed by atoms with E-state index in [9.17, 15) is 14.7 Å². The largest absolute Gasteiger partial charge is 0.393 e. The molecule has 1 heterocycles. The number of aliphatic hydroxyl groups excluding tert-OH is 1. The van der Waals surface area contributed by atoms with Crippen LogP contribution in [0.25, 0.3) is 0 Å². The first-order chi connectivity index (χ1) is 11.9. The van der Waals surface area contributed by atoms with E-state index in [1.54, 1.807) is 29.2 Å². The molecule has 138 valence electrons. The van der Waals surface area contributed by atoms with Gasteiger partial charge in [-0.2, -0.15) is 0 Å². The van der Waals surface area contributed by atoms with Gasteiger partial charge in [0.05, 0.1) is 6.10 Å². The summed E-state index contributed by atoms with van der Waals surface area (Å²) < 4.78 is 0. The summed E-state index contributed by atoms with van der Waals surface area (Å²) in [5, 5.41) is 12.5. The summed E-state index contributed by atoms with van der Waals surface area (Å²) in [7, 11) is 0. The number of anilines is 1. The van der Waals surface area contributed by atoms with E-state index >= 15 is 0 Å². The Hall–Kier alpha value is -1.88. The molecule has 1 saturated heterocycles. The quantitative estimate of drug-likeness (QED) is 0.830. The maximum atomic E-state index is 12.5. The second-order valence-corrected chi connectivity index (χ2v) is 7.27. The van der Waals surface area contributed by atoms with Gasteiger partial charge in [0.2, 0.25) is 5.91 Å². The maximum Gasteiger partial charge on any atom is 0.253 e. The predicted molar refractivity (Wildman–Crippen MR) is 99.5 cm³/mol. The Morgan fingerprint density at radius 1 is 1.20 bits per heavy atom. The van der Waals surface area contributed by atoms with Crippen LogP contribution in [0.2, 0.25) is 0 Å². The van der Waals surface area contributed by atoms with E-state index in [0.29, 0.717) is 55.4 Å². The standard InChI is InChI=1S/C20H30N2O3/c1-4-15(14(2)3)13-19(24)21-17-7-5-16(6-8-17)20(25)22-11-9-18(23)10-12-22/h5-8,14-15,18,23H,4,9-13H2,1-3H3,(H,21,24). The fraction of sp³-hybridized carbons (Fsp3) is 0.600. The first-order valence-corrected chi connectivity index (χ1v) is 9.28. The highest BCUT2D eigenvalue weighted by molar-refractivity contribution is 5.96.